The van der Waals surface area contributed by atoms with Crippen LogP contribution in [0, 0.1) is 5.92 Å². The third-order valence-electron chi connectivity index (χ3n) is 16.0. The number of primary amides is 2. The highest BCUT2D eigenvalue weighted by molar-refractivity contribution is 6.00. The minimum Gasteiger partial charge on any atom is -0.481 e. The minimum atomic E-state index is -1.73. The van der Waals surface area contributed by atoms with Crippen LogP contribution in [-0.4, -0.2) is 189 Å². The monoisotopic (exact) mass is 1350 g/mol. The van der Waals surface area contributed by atoms with E-state index in [2.05, 4.69) is 57.8 Å². The smallest absolute Gasteiger partial charge is 0.303 e. The number of carbonyl (C=O) groups excluding carboxylic acids is 12. The first-order valence-electron chi connectivity index (χ1n) is 31.9. The van der Waals surface area contributed by atoms with Crippen LogP contribution in [0.4, 0.5) is 0 Å². The number of amides is 12. The molecule has 0 radical (unpaired) electrons. The van der Waals surface area contributed by atoms with Crippen LogP contribution in [-0.2, 0) is 81.6 Å². The summed E-state index contributed by atoms with van der Waals surface area (Å²) >= 11 is 0. The molecule has 11 atom stereocenters. The molecule has 0 spiro atoms. The Morgan fingerprint density at radius 2 is 1.06 bits per heavy atom. The number of benzene rings is 3. The number of para-hydroxylation sites is 1. The molecule has 0 aliphatic carbocycles. The number of aromatic amines is 1. The average Bonchev–Trinajstić information content (AvgIpc) is 1.71. The molecule has 526 valence electrons. The fourth-order valence-corrected chi connectivity index (χ4v) is 10.7. The van der Waals surface area contributed by atoms with Crippen LogP contribution in [0.2, 0.25) is 0 Å². The number of carboxylic acids is 1. The number of carbonyl (C=O) groups is 13. The first-order chi connectivity index (χ1) is 46.0. The number of H-pyrrole nitrogens is 1. The molecule has 22 N–H and O–H groups in total. The molecule has 97 heavy (non-hydrogen) atoms. The lowest BCUT2D eigenvalue weighted by Gasteiger charge is -2.30. The van der Waals surface area contributed by atoms with Crippen molar-refractivity contribution in [3.05, 3.63) is 108 Å². The largest absolute Gasteiger partial charge is 0.481 e. The van der Waals surface area contributed by atoms with Gasteiger partial charge in [0.05, 0.1) is 12.6 Å². The quantitative estimate of drug-likeness (QED) is 0.0118. The van der Waals surface area contributed by atoms with Gasteiger partial charge in [-0.15, -0.1) is 0 Å². The van der Waals surface area contributed by atoms with E-state index < -0.39 is 163 Å². The number of rotatable bonds is 39. The zero-order chi connectivity index (χ0) is 71.5. The van der Waals surface area contributed by atoms with Gasteiger partial charge in [0.2, 0.25) is 70.9 Å². The lowest BCUT2D eigenvalue weighted by Crippen LogP contribution is -2.61. The Morgan fingerprint density at radius 3 is 1.65 bits per heavy atom. The van der Waals surface area contributed by atoms with Gasteiger partial charge in [0.25, 0.3) is 0 Å². The van der Waals surface area contributed by atoms with Gasteiger partial charge in [0.1, 0.15) is 60.4 Å². The third kappa shape index (κ3) is 25.0. The molecule has 1 aliphatic heterocycles. The lowest BCUT2D eigenvalue weighted by atomic mass is 10.0. The summed E-state index contributed by atoms with van der Waals surface area (Å²) in [5.41, 5.74) is 30.6. The predicted molar refractivity (Wildman–Crippen MR) is 355 cm³/mol. The van der Waals surface area contributed by atoms with Gasteiger partial charge in [-0.25, -0.2) is 0 Å². The molecule has 32 heteroatoms. The molecule has 12 amide bonds. The molecule has 5 rings (SSSR count). The van der Waals surface area contributed by atoms with E-state index in [0.717, 1.165) is 0 Å². The molecule has 2 heterocycles. The van der Waals surface area contributed by atoms with Gasteiger partial charge in [-0.3, -0.25) is 67.3 Å². The van der Waals surface area contributed by atoms with Gasteiger partial charge < -0.3 is 96.6 Å². The number of aliphatic hydroxyl groups excluding tert-OH is 1. The molecule has 0 unspecified atom stereocenters. The molecule has 3 aromatic carbocycles. The van der Waals surface area contributed by atoms with Crippen molar-refractivity contribution in [3.8, 4) is 0 Å². The number of nitrogens with zero attached hydrogens (tertiary/aromatic N) is 2. The van der Waals surface area contributed by atoms with E-state index in [-0.39, 0.29) is 82.8 Å². The minimum absolute atomic E-state index is 0.0206. The molecule has 1 aliphatic rings. The number of carboxylic acid groups (broad SMARTS) is 1. The van der Waals surface area contributed by atoms with Crippen molar-refractivity contribution in [2.45, 2.75) is 171 Å². The number of fused-ring (bicyclic) bond motifs is 1. The van der Waals surface area contributed by atoms with Crippen molar-refractivity contribution in [1.82, 2.24) is 57.7 Å². The molecular weight excluding hydrogens is 1260 g/mol. The van der Waals surface area contributed by atoms with Crippen molar-refractivity contribution >= 4 is 93.7 Å². The Balaban J connectivity index is 1.25. The van der Waals surface area contributed by atoms with Crippen molar-refractivity contribution < 1.29 is 72.5 Å². The third-order valence-corrected chi connectivity index (χ3v) is 16.0. The molecular formula is C65H91N17O15. The summed E-state index contributed by atoms with van der Waals surface area (Å²) in [7, 11) is 0. The second-order valence-corrected chi connectivity index (χ2v) is 24.2. The number of likely N-dealkylation sites (tertiary alicyclic amines) is 1. The summed E-state index contributed by atoms with van der Waals surface area (Å²) in [5, 5.41) is 43.6. The molecule has 1 aromatic heterocycles. The maximum atomic E-state index is 14.4. The van der Waals surface area contributed by atoms with E-state index in [1.165, 1.54) is 18.7 Å². The summed E-state index contributed by atoms with van der Waals surface area (Å²) in [5.74, 6) is -12.0. The van der Waals surface area contributed by atoms with Crippen LogP contribution >= 0.6 is 0 Å². The maximum Gasteiger partial charge on any atom is 0.303 e. The predicted octanol–water partition coefficient (Wildman–Crippen LogP) is -3.38. The SMILES string of the molecule is CC(C)C[C@H](NC(=O)[C@H](CO)NC(=O)[C@H](Cc1c[nH]c2ccccc12)NC(=O)[C@H](Cc1ccccc1)NC(=O)[C@@H](N)CCC(=O)O)C(=O)N[C@@H](C)C(=O)N[C@@H](C)C(=O)N1CCC[C@H]1C(=O)N[C@@H](CCC(N)=O)C(=O)N[C@@H](CCCN=C(N)N)C(=O)N[C@@H](Cc1ccccc1)C(N)=O. The van der Waals surface area contributed by atoms with E-state index in [1.54, 1.807) is 105 Å². The molecule has 32 nitrogen and oxygen atoms in total. The zero-order valence-electron chi connectivity index (χ0n) is 54.7. The van der Waals surface area contributed by atoms with Gasteiger partial charge in [-0.05, 0) is 87.5 Å². The van der Waals surface area contributed by atoms with Crippen molar-refractivity contribution in [1.29, 1.82) is 0 Å². The van der Waals surface area contributed by atoms with Crippen molar-refractivity contribution in [2.75, 3.05) is 19.7 Å². The van der Waals surface area contributed by atoms with Crippen LogP contribution < -0.4 is 76.5 Å². The van der Waals surface area contributed by atoms with Crippen LogP contribution in [0.3, 0.4) is 0 Å². The first-order valence-corrected chi connectivity index (χ1v) is 31.9. The number of hydrogen-bond donors (Lipinski definition) is 17. The molecule has 1 fully saturated rings. The average molecular weight is 1350 g/mol. The van der Waals surface area contributed by atoms with Crippen LogP contribution in [0.15, 0.2) is 96.1 Å². The van der Waals surface area contributed by atoms with E-state index >= 15 is 0 Å². The number of aliphatic hydroxyl groups is 1. The van der Waals surface area contributed by atoms with E-state index in [1.807, 2.05) is 0 Å². The van der Waals surface area contributed by atoms with E-state index in [4.69, 9.17) is 28.7 Å². The summed E-state index contributed by atoms with van der Waals surface area (Å²) in [6.07, 6.45) is 0.486. The Labute approximate surface area is 560 Å². The number of nitrogens with one attached hydrogen (secondary N) is 10. The fourth-order valence-electron chi connectivity index (χ4n) is 10.7. The number of guanidine groups is 1. The van der Waals surface area contributed by atoms with Crippen molar-refractivity contribution in [3.63, 3.8) is 0 Å². The molecule has 0 bridgehead atoms. The van der Waals surface area contributed by atoms with Gasteiger partial charge in [-0.2, -0.15) is 0 Å². The number of aliphatic imine (C=N–C) groups is 1. The van der Waals surface area contributed by atoms with Gasteiger partial charge in [0, 0.05) is 62.3 Å². The number of hydrogen-bond acceptors (Lipinski definition) is 16. The maximum absolute atomic E-state index is 14.4. The second kappa shape index (κ2) is 38.2. The molecule has 4 aromatic rings. The van der Waals surface area contributed by atoms with Crippen LogP contribution in [0.5, 0.6) is 0 Å². The number of nitrogens with two attached hydrogens (primary N) is 5. The summed E-state index contributed by atoms with van der Waals surface area (Å²) in [4.78, 5) is 184. The Hall–Kier alpha value is -10.5. The van der Waals surface area contributed by atoms with Gasteiger partial charge in [0.15, 0.2) is 5.96 Å². The highest BCUT2D eigenvalue weighted by Crippen LogP contribution is 2.22. The standard InChI is InChI=1S/C65H91N17O15/c1-35(2)29-47(79-62(95)50(34-83)81-61(94)49(32-40-33-72-43-20-12-11-19-41(40)43)80-60(93)48(31-39-17-9-6-10-18-39)78-56(89)42(66)23-26-53(85)86)59(92)73-36(3)55(88)74-37(4)64(97)82-28-14-22-51(82)63(96)76-45(24-25-52(67)84)58(91)75-44(21-13-27-71-65(69)70)57(90)77-46(54(68)87)30-38-15-7-5-8-16-38/h5-12,15-20,33,35-37,42,44-51,72,83H,13-14,21-32,34,66H2,1-4H3,(H2,67,84)(H2,68,87)(H,73,92)(H,74,88)(H,75,91)(H,76,96)(H,77,90)(H,78,89)(H,79,95)(H,80,93)(H,81,94)(H,85,86)(H4,69,70,71)/t36-,37-,42-,44-,45-,46-,47-,48-,49-,50-,51-/m0/s1. The van der Waals surface area contributed by atoms with E-state index in [0.29, 0.717) is 34.0 Å². The Bertz CT molecular complexity index is 3440. The summed E-state index contributed by atoms with van der Waals surface area (Å²) in [6.45, 7) is 5.23. The number of aromatic nitrogens is 1. The van der Waals surface area contributed by atoms with Crippen LogP contribution in [0.1, 0.15) is 102 Å². The first kappa shape index (κ1) is 77.2. The summed E-state index contributed by atoms with van der Waals surface area (Å²) < 4.78 is 0. The fraction of sp³-hybridized carbons (Fsp3) is 0.477. The molecule has 1 saturated heterocycles. The normalized spacial score (nSPS) is 15.8. The van der Waals surface area contributed by atoms with Gasteiger partial charge >= 0.3 is 5.97 Å². The Morgan fingerprint density at radius 1 is 0.557 bits per heavy atom. The topological polar surface area (TPSA) is 532 Å². The van der Waals surface area contributed by atoms with E-state index in [9.17, 15) is 72.5 Å². The lowest BCUT2D eigenvalue weighted by molar-refractivity contribution is -0.142. The van der Waals surface area contributed by atoms with Gasteiger partial charge in [-0.1, -0.05) is 92.7 Å². The second-order valence-electron chi connectivity index (χ2n) is 24.2. The van der Waals surface area contributed by atoms with Crippen molar-refractivity contribution in [2.24, 2.45) is 39.6 Å². The van der Waals surface area contributed by atoms with Crippen LogP contribution in [0.25, 0.3) is 10.9 Å². The summed E-state index contributed by atoms with van der Waals surface area (Å²) in [6, 6.07) is 9.22. The highest BCUT2D eigenvalue weighted by atomic mass is 16.4. The highest BCUT2D eigenvalue weighted by Gasteiger charge is 2.40. The molecule has 0 saturated carbocycles. The Kier molecular flexibility index (Phi) is 30.4. The number of aliphatic carboxylic acids is 1. The zero-order valence-corrected chi connectivity index (χ0v) is 54.7.